The van der Waals surface area contributed by atoms with Crippen molar-refractivity contribution in [3.05, 3.63) is 64.7 Å². The smallest absolute Gasteiger partial charge is 0.282 e. The molecule has 0 saturated carbocycles. The van der Waals surface area contributed by atoms with E-state index in [0.29, 0.717) is 11.3 Å². The number of anilines is 1. The van der Waals surface area contributed by atoms with Crippen LogP contribution in [0.1, 0.15) is 16.7 Å². The van der Waals surface area contributed by atoms with Gasteiger partial charge in [0.25, 0.3) is 11.8 Å². The summed E-state index contributed by atoms with van der Waals surface area (Å²) < 4.78 is 0. The van der Waals surface area contributed by atoms with Gasteiger partial charge in [-0.25, -0.2) is 5.01 Å². The summed E-state index contributed by atoms with van der Waals surface area (Å²) in [6, 6.07) is 12.3. The van der Waals surface area contributed by atoms with Crippen molar-refractivity contribution in [2.45, 2.75) is 13.8 Å². The summed E-state index contributed by atoms with van der Waals surface area (Å²) in [7, 11) is 0. The first kappa shape index (κ1) is 14.8. The fraction of sp³-hybridized carbons (Fsp3) is 0.111. The second kappa shape index (κ2) is 5.61. The predicted octanol–water partition coefficient (Wildman–Crippen LogP) is 2.47. The van der Waals surface area contributed by atoms with Crippen molar-refractivity contribution in [2.75, 3.05) is 5.01 Å². The second-order valence-electron chi connectivity index (χ2n) is 5.54. The molecule has 0 spiro atoms. The number of amides is 2. The summed E-state index contributed by atoms with van der Waals surface area (Å²) in [6.45, 7) is 3.82. The van der Waals surface area contributed by atoms with Crippen LogP contribution in [0.4, 0.5) is 5.69 Å². The molecule has 0 aliphatic carbocycles. The Kier molecular flexibility index (Phi) is 3.62. The highest BCUT2D eigenvalue weighted by molar-refractivity contribution is 6.31. The summed E-state index contributed by atoms with van der Waals surface area (Å²) in [5.41, 5.74) is 5.55. The third kappa shape index (κ3) is 2.81. The molecular formula is C18H16N2O3. The van der Waals surface area contributed by atoms with Crippen LogP contribution in [-0.2, 0) is 9.59 Å². The van der Waals surface area contributed by atoms with Crippen LogP contribution in [0, 0.1) is 13.8 Å². The van der Waals surface area contributed by atoms with E-state index in [0.717, 1.165) is 11.1 Å². The summed E-state index contributed by atoms with van der Waals surface area (Å²) in [6.07, 6.45) is 1.41. The molecule has 0 aromatic heterocycles. The molecule has 2 amide bonds. The average Bonchev–Trinajstić information content (AvgIpc) is 2.80. The average molecular weight is 308 g/mol. The van der Waals surface area contributed by atoms with Gasteiger partial charge in [0.1, 0.15) is 11.3 Å². The largest absolute Gasteiger partial charge is 0.507 e. The van der Waals surface area contributed by atoms with Gasteiger partial charge in [0.05, 0.1) is 5.69 Å². The second-order valence-corrected chi connectivity index (χ2v) is 5.54. The molecule has 0 radical (unpaired) electrons. The van der Waals surface area contributed by atoms with E-state index in [9.17, 15) is 14.7 Å². The number of hydrogen-bond donors (Lipinski definition) is 2. The van der Waals surface area contributed by atoms with Crippen molar-refractivity contribution >= 4 is 23.6 Å². The molecule has 2 aromatic rings. The Morgan fingerprint density at radius 2 is 1.65 bits per heavy atom. The molecule has 1 aliphatic rings. The number of phenolic OH excluding ortho intramolecular Hbond substituents is 1. The molecule has 0 atom stereocenters. The minimum absolute atomic E-state index is 0.00789. The molecule has 0 unspecified atom stereocenters. The van der Waals surface area contributed by atoms with Crippen LogP contribution >= 0.6 is 0 Å². The lowest BCUT2D eigenvalue weighted by Gasteiger charge is -2.14. The van der Waals surface area contributed by atoms with Gasteiger partial charge in [-0.3, -0.25) is 15.0 Å². The number of carbonyl (C=O) groups is 2. The van der Waals surface area contributed by atoms with E-state index in [-0.39, 0.29) is 11.3 Å². The molecule has 116 valence electrons. The number of carbonyl (C=O) groups excluding carboxylic acids is 2. The van der Waals surface area contributed by atoms with Gasteiger partial charge in [-0.05, 0) is 44.2 Å². The monoisotopic (exact) mass is 308 g/mol. The van der Waals surface area contributed by atoms with Gasteiger partial charge in [0.2, 0.25) is 0 Å². The molecule has 0 bridgehead atoms. The van der Waals surface area contributed by atoms with Gasteiger partial charge in [-0.15, -0.1) is 0 Å². The Morgan fingerprint density at radius 1 is 1.00 bits per heavy atom. The highest BCUT2D eigenvalue weighted by atomic mass is 16.3. The Hall–Kier alpha value is -3.08. The number of aryl methyl sites for hydroxylation is 2. The normalized spacial score (nSPS) is 16.1. The van der Waals surface area contributed by atoms with Crippen LogP contribution in [-0.4, -0.2) is 16.9 Å². The van der Waals surface area contributed by atoms with E-state index in [1.165, 1.54) is 17.2 Å². The Labute approximate surface area is 133 Å². The quantitative estimate of drug-likeness (QED) is 0.661. The van der Waals surface area contributed by atoms with Crippen LogP contribution in [0.5, 0.6) is 5.75 Å². The number of nitrogens with zero attached hydrogens (tertiary/aromatic N) is 1. The summed E-state index contributed by atoms with van der Waals surface area (Å²) >= 11 is 0. The fourth-order valence-corrected chi connectivity index (χ4v) is 2.38. The highest BCUT2D eigenvalue weighted by Gasteiger charge is 2.34. The van der Waals surface area contributed by atoms with Crippen molar-refractivity contribution in [2.24, 2.45) is 0 Å². The molecular weight excluding hydrogens is 292 g/mol. The van der Waals surface area contributed by atoms with Gasteiger partial charge in [0, 0.05) is 5.56 Å². The lowest BCUT2D eigenvalue weighted by Crippen LogP contribution is -2.35. The van der Waals surface area contributed by atoms with Gasteiger partial charge < -0.3 is 5.11 Å². The van der Waals surface area contributed by atoms with E-state index in [1.54, 1.807) is 24.3 Å². The van der Waals surface area contributed by atoms with Crippen LogP contribution in [0.3, 0.4) is 0 Å². The highest BCUT2D eigenvalue weighted by Crippen LogP contribution is 2.25. The predicted molar refractivity (Wildman–Crippen MR) is 87.6 cm³/mol. The summed E-state index contributed by atoms with van der Waals surface area (Å²) in [5, 5.41) is 11.1. The van der Waals surface area contributed by atoms with Crippen molar-refractivity contribution in [1.82, 2.24) is 5.43 Å². The fourth-order valence-electron chi connectivity index (χ4n) is 2.38. The molecule has 3 rings (SSSR count). The van der Waals surface area contributed by atoms with Crippen LogP contribution in [0.15, 0.2) is 48.0 Å². The van der Waals surface area contributed by atoms with Crippen molar-refractivity contribution < 1.29 is 14.7 Å². The zero-order chi connectivity index (χ0) is 16.6. The van der Waals surface area contributed by atoms with Crippen LogP contribution in [0.25, 0.3) is 6.08 Å². The number of hydrogen-bond acceptors (Lipinski definition) is 3. The summed E-state index contributed by atoms with van der Waals surface area (Å²) in [4.78, 5) is 24.6. The minimum atomic E-state index is -0.489. The van der Waals surface area contributed by atoms with Crippen LogP contribution in [0.2, 0.25) is 0 Å². The molecule has 2 N–H and O–H groups in total. The number of hydrazine groups is 1. The van der Waals surface area contributed by atoms with E-state index in [2.05, 4.69) is 5.43 Å². The number of rotatable bonds is 2. The van der Waals surface area contributed by atoms with Crippen molar-refractivity contribution in [3.8, 4) is 5.75 Å². The number of aromatic hydroxyl groups is 1. The van der Waals surface area contributed by atoms with Gasteiger partial charge in [-0.1, -0.05) is 29.3 Å². The summed E-state index contributed by atoms with van der Waals surface area (Å²) in [5.74, 6) is -0.909. The molecule has 1 aliphatic heterocycles. The third-order valence-corrected chi connectivity index (χ3v) is 3.67. The molecule has 5 heteroatoms. The lowest BCUT2D eigenvalue weighted by molar-refractivity contribution is -0.117. The maximum Gasteiger partial charge on any atom is 0.282 e. The number of phenols is 1. The Morgan fingerprint density at radius 3 is 2.35 bits per heavy atom. The van der Waals surface area contributed by atoms with E-state index < -0.39 is 11.8 Å². The molecule has 1 heterocycles. The van der Waals surface area contributed by atoms with E-state index in [4.69, 9.17) is 0 Å². The first-order chi connectivity index (χ1) is 11.0. The molecule has 1 fully saturated rings. The topological polar surface area (TPSA) is 69.6 Å². The number of benzene rings is 2. The zero-order valence-corrected chi connectivity index (χ0v) is 12.8. The maximum absolute atomic E-state index is 12.5. The minimum Gasteiger partial charge on any atom is -0.507 e. The van der Waals surface area contributed by atoms with E-state index >= 15 is 0 Å². The Bertz CT molecular complexity index is 823. The maximum atomic E-state index is 12.5. The van der Waals surface area contributed by atoms with Gasteiger partial charge in [0.15, 0.2) is 0 Å². The van der Waals surface area contributed by atoms with Crippen molar-refractivity contribution in [3.63, 3.8) is 0 Å². The molecule has 2 aromatic carbocycles. The van der Waals surface area contributed by atoms with E-state index in [1.807, 2.05) is 26.0 Å². The third-order valence-electron chi connectivity index (χ3n) is 3.67. The molecule has 1 saturated heterocycles. The molecule has 23 heavy (non-hydrogen) atoms. The first-order valence-corrected chi connectivity index (χ1v) is 7.19. The standard InChI is InChI=1S/C18H16N2O3/c1-11-3-6-14(7-4-11)20-18(23)15(17(22)19-20)10-13-9-12(2)5-8-16(13)21/h3-10,21H,1-2H3,(H,19,22)/b15-10+. The number of nitrogens with one attached hydrogen (secondary N) is 1. The van der Waals surface area contributed by atoms with Crippen LogP contribution < -0.4 is 10.4 Å². The first-order valence-electron chi connectivity index (χ1n) is 7.19. The molecule has 5 nitrogen and oxygen atoms in total. The van der Waals surface area contributed by atoms with Crippen molar-refractivity contribution in [1.29, 1.82) is 0 Å². The zero-order valence-electron chi connectivity index (χ0n) is 12.8. The Balaban J connectivity index is 1.97. The SMILES string of the molecule is Cc1ccc(N2NC(=O)/C(=C\c3cc(C)ccc3O)C2=O)cc1. The lowest BCUT2D eigenvalue weighted by atomic mass is 10.1. The van der Waals surface area contributed by atoms with Gasteiger partial charge in [-0.2, -0.15) is 0 Å². The van der Waals surface area contributed by atoms with Gasteiger partial charge >= 0.3 is 0 Å².